The van der Waals surface area contributed by atoms with E-state index in [0.717, 1.165) is 24.8 Å². The normalized spacial score (nSPS) is 58.2. The van der Waals surface area contributed by atoms with Crippen molar-refractivity contribution in [3.8, 4) is 0 Å². The van der Waals surface area contributed by atoms with Crippen LogP contribution in [0.2, 0.25) is 0 Å². The van der Waals surface area contributed by atoms with E-state index in [2.05, 4.69) is 0 Å². The molecule has 0 aromatic carbocycles. The molecule has 11 atom stereocenters. The third kappa shape index (κ3) is 2.30. The summed E-state index contributed by atoms with van der Waals surface area (Å²) in [6.07, 6.45) is 6.90. The number of hydrogen-bond acceptors (Lipinski definition) is 7. The van der Waals surface area contributed by atoms with Crippen LogP contribution >= 0.6 is 0 Å². The van der Waals surface area contributed by atoms with Crippen molar-refractivity contribution in [3.05, 3.63) is 23.3 Å². The summed E-state index contributed by atoms with van der Waals surface area (Å²) in [5.41, 5.74) is -1.72. The van der Waals surface area contributed by atoms with Gasteiger partial charge in [0.1, 0.15) is 11.7 Å². The van der Waals surface area contributed by atoms with E-state index in [1.54, 1.807) is 13.0 Å². The molecule has 3 saturated carbocycles. The van der Waals surface area contributed by atoms with Gasteiger partial charge in [0.2, 0.25) is 0 Å². The molecule has 35 heavy (non-hydrogen) atoms. The standard InChI is InChI=1S/C28H36O7/c1-14-10-20(34-23(30)15(14)2)19-13-33-28(32)12-18-16(17-7-9-26(19,31)25(17,28)4)11-22-27(35-22)8-5-6-21(29)24(18,27)3/h5-6,16-20,22,31-32H,7-13H2,1-4H3/t16-,17-,18-,19+,20+,22+,24-,25-,26-,27+,28-/m0/s1. The molecule has 0 aromatic rings. The van der Waals surface area contributed by atoms with Gasteiger partial charge in [-0.2, -0.15) is 0 Å². The molecule has 3 heterocycles. The van der Waals surface area contributed by atoms with E-state index in [9.17, 15) is 19.8 Å². The molecule has 0 unspecified atom stereocenters. The van der Waals surface area contributed by atoms with E-state index in [0.29, 0.717) is 24.8 Å². The summed E-state index contributed by atoms with van der Waals surface area (Å²) in [6.45, 7) is 7.85. The lowest BCUT2D eigenvalue weighted by Crippen LogP contribution is -2.75. The lowest BCUT2D eigenvalue weighted by molar-refractivity contribution is -0.397. The highest BCUT2D eigenvalue weighted by Crippen LogP contribution is 2.76. The van der Waals surface area contributed by atoms with Gasteiger partial charge in [0, 0.05) is 24.3 Å². The van der Waals surface area contributed by atoms with Crippen molar-refractivity contribution in [3.63, 3.8) is 0 Å². The summed E-state index contributed by atoms with van der Waals surface area (Å²) in [7, 11) is 0. The lowest BCUT2D eigenvalue weighted by atomic mass is 9.42. The molecular weight excluding hydrogens is 448 g/mol. The van der Waals surface area contributed by atoms with Crippen molar-refractivity contribution < 1.29 is 34.0 Å². The zero-order chi connectivity index (χ0) is 24.8. The summed E-state index contributed by atoms with van der Waals surface area (Å²) >= 11 is 0. The van der Waals surface area contributed by atoms with Crippen LogP contribution in [-0.4, -0.2) is 57.8 Å². The van der Waals surface area contributed by atoms with Crippen LogP contribution in [0.4, 0.5) is 0 Å². The van der Waals surface area contributed by atoms with Gasteiger partial charge in [0.25, 0.3) is 0 Å². The number of cyclic esters (lactones) is 1. The van der Waals surface area contributed by atoms with Crippen LogP contribution in [0, 0.1) is 34.5 Å². The molecule has 3 aliphatic heterocycles. The van der Waals surface area contributed by atoms with E-state index in [-0.39, 0.29) is 42.2 Å². The summed E-state index contributed by atoms with van der Waals surface area (Å²) in [6, 6.07) is 0. The Hall–Kier alpha value is -1.54. The Morgan fingerprint density at radius 3 is 2.60 bits per heavy atom. The van der Waals surface area contributed by atoms with Crippen molar-refractivity contribution in [2.75, 3.05) is 6.61 Å². The second-order valence-electron chi connectivity index (χ2n) is 12.9. The Morgan fingerprint density at radius 1 is 1.09 bits per heavy atom. The van der Waals surface area contributed by atoms with Crippen LogP contribution in [0.1, 0.15) is 66.2 Å². The first kappa shape index (κ1) is 22.6. The second-order valence-corrected chi connectivity index (χ2v) is 12.9. The first-order valence-electron chi connectivity index (χ1n) is 13.3. The maximum Gasteiger partial charge on any atom is 0.333 e. The molecule has 2 N–H and O–H groups in total. The van der Waals surface area contributed by atoms with Crippen LogP contribution in [0.25, 0.3) is 0 Å². The predicted octanol–water partition coefficient (Wildman–Crippen LogP) is 2.83. The monoisotopic (exact) mass is 484 g/mol. The summed E-state index contributed by atoms with van der Waals surface area (Å²) < 4.78 is 18.5. The molecule has 190 valence electrons. The number of ketones is 1. The van der Waals surface area contributed by atoms with Crippen LogP contribution in [0.5, 0.6) is 0 Å². The molecule has 4 aliphatic carbocycles. The fourth-order valence-electron chi connectivity index (χ4n) is 9.87. The maximum atomic E-state index is 13.4. The van der Waals surface area contributed by atoms with Gasteiger partial charge in [-0.3, -0.25) is 4.79 Å². The summed E-state index contributed by atoms with van der Waals surface area (Å²) in [5.74, 6) is -2.19. The van der Waals surface area contributed by atoms with Gasteiger partial charge < -0.3 is 24.4 Å². The molecule has 0 bridgehead atoms. The molecule has 0 radical (unpaired) electrons. The van der Waals surface area contributed by atoms with Gasteiger partial charge in [-0.05, 0) is 70.3 Å². The molecule has 1 spiro atoms. The maximum absolute atomic E-state index is 13.4. The van der Waals surface area contributed by atoms with Crippen LogP contribution in [-0.2, 0) is 23.8 Å². The average molecular weight is 485 g/mol. The van der Waals surface area contributed by atoms with Crippen molar-refractivity contribution in [2.24, 2.45) is 34.5 Å². The zero-order valence-corrected chi connectivity index (χ0v) is 21.0. The van der Waals surface area contributed by atoms with E-state index in [1.165, 1.54) is 0 Å². The van der Waals surface area contributed by atoms with Gasteiger partial charge in [-0.25, -0.2) is 4.79 Å². The van der Waals surface area contributed by atoms with E-state index >= 15 is 0 Å². The van der Waals surface area contributed by atoms with Crippen molar-refractivity contribution in [1.29, 1.82) is 0 Å². The minimum atomic E-state index is -1.56. The molecule has 0 aromatic heterocycles. The third-order valence-electron chi connectivity index (χ3n) is 12.2. The molecule has 5 fully saturated rings. The first-order valence-corrected chi connectivity index (χ1v) is 13.3. The molecular formula is C28H36O7. The SMILES string of the molecule is CC1=C(C)C(=O)O[C@@H]([C@H]2CO[C@@]3(O)C[C@H]4[C@@H](C[C@H]5O[C@]56CC=CC(=O)[C@]46C)[C@@H]4CC[C@@]2(O)[C@]43C)C1. The Kier molecular flexibility index (Phi) is 4.19. The number of hydrogen-bond donors (Lipinski definition) is 2. The fourth-order valence-corrected chi connectivity index (χ4v) is 9.87. The highest BCUT2D eigenvalue weighted by molar-refractivity contribution is 5.97. The largest absolute Gasteiger partial charge is 0.458 e. The number of ether oxygens (including phenoxy) is 3. The molecule has 7 rings (SSSR count). The van der Waals surface area contributed by atoms with Crippen LogP contribution in [0.15, 0.2) is 23.3 Å². The number of allylic oxidation sites excluding steroid dienone is 1. The Labute approximate surface area is 205 Å². The van der Waals surface area contributed by atoms with Crippen LogP contribution < -0.4 is 0 Å². The highest BCUT2D eigenvalue weighted by Gasteiger charge is 2.83. The molecule has 7 nitrogen and oxygen atoms in total. The molecule has 0 amide bonds. The molecule has 2 saturated heterocycles. The topological polar surface area (TPSA) is 106 Å². The molecule has 7 aliphatic rings. The number of rotatable bonds is 1. The van der Waals surface area contributed by atoms with Gasteiger partial charge in [-0.1, -0.05) is 18.6 Å². The first-order chi connectivity index (χ1) is 16.4. The average Bonchev–Trinajstić information content (AvgIpc) is 3.43. The lowest BCUT2D eigenvalue weighted by Gasteiger charge is -2.67. The highest BCUT2D eigenvalue weighted by atomic mass is 16.6. The van der Waals surface area contributed by atoms with Gasteiger partial charge in [0.05, 0.1) is 29.1 Å². The minimum Gasteiger partial charge on any atom is -0.458 e. The number of esters is 1. The Bertz CT molecular complexity index is 1110. The number of carbonyl (C=O) groups excluding carboxylic acids is 2. The van der Waals surface area contributed by atoms with Gasteiger partial charge >= 0.3 is 5.97 Å². The van der Waals surface area contributed by atoms with E-state index in [1.807, 2.05) is 26.8 Å². The smallest absolute Gasteiger partial charge is 0.333 e. The quantitative estimate of drug-likeness (QED) is 0.436. The number of aliphatic hydroxyl groups is 2. The van der Waals surface area contributed by atoms with Gasteiger partial charge in [-0.15, -0.1) is 0 Å². The van der Waals surface area contributed by atoms with Gasteiger partial charge in [0.15, 0.2) is 11.6 Å². The Morgan fingerprint density at radius 2 is 1.86 bits per heavy atom. The minimum absolute atomic E-state index is 0.0190. The number of fused-ring (bicyclic) bond motifs is 3. The second kappa shape index (κ2) is 6.47. The van der Waals surface area contributed by atoms with Crippen molar-refractivity contribution >= 4 is 11.8 Å². The summed E-state index contributed by atoms with van der Waals surface area (Å²) in [5, 5.41) is 24.7. The predicted molar refractivity (Wildman–Crippen MR) is 124 cm³/mol. The Balaban J connectivity index is 1.29. The van der Waals surface area contributed by atoms with E-state index < -0.39 is 39.8 Å². The van der Waals surface area contributed by atoms with Crippen LogP contribution in [0.3, 0.4) is 0 Å². The number of carbonyl (C=O) groups is 2. The van der Waals surface area contributed by atoms with Crippen molar-refractivity contribution in [1.82, 2.24) is 0 Å². The van der Waals surface area contributed by atoms with E-state index in [4.69, 9.17) is 14.2 Å². The third-order valence-corrected chi connectivity index (χ3v) is 12.2. The fraction of sp³-hybridized carbons (Fsp3) is 0.786. The summed E-state index contributed by atoms with van der Waals surface area (Å²) in [4.78, 5) is 25.9. The zero-order valence-electron chi connectivity index (χ0n) is 21.0. The van der Waals surface area contributed by atoms with Crippen molar-refractivity contribution in [2.45, 2.75) is 95.4 Å². The number of epoxide rings is 1. The molecule has 7 heteroatoms.